The second-order valence-corrected chi connectivity index (χ2v) is 8.10. The van der Waals surface area contributed by atoms with Gasteiger partial charge in [-0.1, -0.05) is 35.4 Å². The number of nitrogens with zero attached hydrogens (tertiary/aromatic N) is 2. The van der Waals surface area contributed by atoms with Crippen LogP contribution in [-0.4, -0.2) is 29.4 Å². The van der Waals surface area contributed by atoms with Gasteiger partial charge in [0, 0.05) is 6.26 Å². The summed E-state index contributed by atoms with van der Waals surface area (Å²) >= 11 is 16.5. The molecule has 1 heterocycles. The third kappa shape index (κ3) is 3.68. The summed E-state index contributed by atoms with van der Waals surface area (Å²) in [7, 11) is -3.90. The van der Waals surface area contributed by atoms with Crippen LogP contribution in [0, 0.1) is 0 Å². The maximum absolute atomic E-state index is 12.8. The first-order valence-electron chi connectivity index (χ1n) is 6.20. The summed E-state index contributed by atoms with van der Waals surface area (Å²) < 4.78 is 63.1. The Morgan fingerprint density at radius 2 is 1.76 bits per heavy atom. The van der Waals surface area contributed by atoms with E-state index in [0.717, 1.165) is 10.9 Å². The smallest absolute Gasteiger partial charge is 0.388 e. The van der Waals surface area contributed by atoms with Crippen molar-refractivity contribution in [1.29, 1.82) is 0 Å². The highest BCUT2D eigenvalue weighted by atomic mass is 35.5. The zero-order valence-electron chi connectivity index (χ0n) is 12.2. The summed E-state index contributed by atoms with van der Waals surface area (Å²) in [4.78, 5) is -0.836. The molecule has 0 amide bonds. The molecule has 2 rings (SSSR count). The predicted octanol–water partition coefficient (Wildman–Crippen LogP) is 2.82. The summed E-state index contributed by atoms with van der Waals surface area (Å²) in [6, 6.07) is 1.23. The average molecular weight is 433 g/mol. The average Bonchev–Trinajstić information content (AvgIpc) is 2.75. The fourth-order valence-electron chi connectivity index (χ4n) is 2.05. The number of hydrogen-bond acceptors (Lipinski definition) is 5. The molecule has 0 unspecified atom stereocenters. The van der Waals surface area contributed by atoms with Gasteiger partial charge >= 0.3 is 6.18 Å². The number of anilines is 1. The quantitative estimate of drug-likeness (QED) is 0.722. The van der Waals surface area contributed by atoms with Crippen LogP contribution < -0.4 is 11.5 Å². The number of sulfone groups is 1. The molecule has 136 valence electrons. The van der Waals surface area contributed by atoms with Gasteiger partial charge < -0.3 is 11.5 Å². The van der Waals surface area contributed by atoms with Crippen LogP contribution in [0.3, 0.4) is 0 Å². The molecule has 0 aliphatic heterocycles. The zero-order valence-corrected chi connectivity index (χ0v) is 15.4. The number of halogens is 5. The third-order valence-electron chi connectivity index (χ3n) is 3.04. The minimum Gasteiger partial charge on any atom is -0.388 e. The highest BCUT2D eigenvalue weighted by molar-refractivity contribution is 7.91. The van der Waals surface area contributed by atoms with Crippen molar-refractivity contribution in [2.75, 3.05) is 12.0 Å². The van der Waals surface area contributed by atoms with Crippen LogP contribution in [-0.2, 0) is 16.0 Å². The van der Waals surface area contributed by atoms with Crippen molar-refractivity contribution < 1.29 is 21.6 Å². The van der Waals surface area contributed by atoms with E-state index in [-0.39, 0.29) is 16.4 Å². The Morgan fingerprint density at radius 1 is 1.28 bits per heavy atom. The molecule has 1 aromatic heterocycles. The van der Waals surface area contributed by atoms with Crippen molar-refractivity contribution in [3.63, 3.8) is 0 Å². The molecular weight excluding hydrogens is 424 g/mol. The molecule has 2 aromatic rings. The number of aromatic nitrogens is 2. The van der Waals surface area contributed by atoms with Crippen molar-refractivity contribution in [3.8, 4) is 5.69 Å². The molecule has 4 N–H and O–H groups in total. The normalized spacial score (nSPS) is 12.4. The fourth-order valence-corrected chi connectivity index (χ4v) is 3.87. The van der Waals surface area contributed by atoms with E-state index >= 15 is 0 Å². The lowest BCUT2D eigenvalue weighted by Crippen LogP contribution is -2.14. The van der Waals surface area contributed by atoms with E-state index in [2.05, 4.69) is 5.10 Å². The summed E-state index contributed by atoms with van der Waals surface area (Å²) in [5.74, 6) is -0.436. The second kappa shape index (κ2) is 6.31. The van der Waals surface area contributed by atoms with Crippen LogP contribution in [0.5, 0.6) is 0 Å². The molecule has 0 aliphatic carbocycles. The molecule has 0 saturated carbocycles. The zero-order chi connectivity index (χ0) is 19.3. The number of benzene rings is 1. The molecular formula is C12H9Cl2F3N4O2S2. The molecule has 0 spiro atoms. The number of thiocarbonyl (C=S) groups is 1. The van der Waals surface area contributed by atoms with Gasteiger partial charge in [-0.25, -0.2) is 13.1 Å². The Bertz CT molecular complexity index is 964. The number of alkyl halides is 3. The molecule has 25 heavy (non-hydrogen) atoms. The van der Waals surface area contributed by atoms with Gasteiger partial charge in [-0.3, -0.25) is 0 Å². The Kier molecular flexibility index (Phi) is 4.99. The van der Waals surface area contributed by atoms with E-state index in [4.69, 9.17) is 46.9 Å². The Balaban J connectivity index is 2.83. The summed E-state index contributed by atoms with van der Waals surface area (Å²) in [6.45, 7) is 0. The maximum Gasteiger partial charge on any atom is 0.416 e. The molecule has 0 bridgehead atoms. The van der Waals surface area contributed by atoms with Crippen molar-refractivity contribution in [2.45, 2.75) is 11.1 Å². The van der Waals surface area contributed by atoms with E-state index in [0.29, 0.717) is 12.1 Å². The second-order valence-electron chi connectivity index (χ2n) is 4.90. The first-order valence-corrected chi connectivity index (χ1v) is 9.25. The molecule has 6 nitrogen and oxygen atoms in total. The number of hydrogen-bond donors (Lipinski definition) is 2. The fraction of sp³-hybridized carbons (Fsp3) is 0.167. The molecule has 0 radical (unpaired) electrons. The standard InChI is InChI=1S/C12H9Cl2F3N4O2S2/c1-25(22,23)9-7(11(19)24)20-21(10(9)18)8-5(13)2-4(3-6(8)14)12(15,16)17/h2-3H,18H2,1H3,(H2,19,24). The van der Waals surface area contributed by atoms with Crippen LogP contribution in [0.4, 0.5) is 19.0 Å². The van der Waals surface area contributed by atoms with Gasteiger partial charge in [0.1, 0.15) is 27.1 Å². The lowest BCUT2D eigenvalue weighted by molar-refractivity contribution is -0.137. The number of nitrogen functional groups attached to an aromatic ring is 1. The SMILES string of the molecule is CS(=O)(=O)c1c(C(N)=S)nn(-c2c(Cl)cc(C(F)(F)F)cc2Cl)c1N. The predicted molar refractivity (Wildman–Crippen MR) is 92.0 cm³/mol. The lowest BCUT2D eigenvalue weighted by Gasteiger charge is -2.13. The topological polar surface area (TPSA) is 104 Å². The lowest BCUT2D eigenvalue weighted by atomic mass is 10.2. The molecule has 0 aliphatic rings. The van der Waals surface area contributed by atoms with E-state index in [1.54, 1.807) is 0 Å². The molecule has 13 heteroatoms. The van der Waals surface area contributed by atoms with Gasteiger partial charge in [-0.15, -0.1) is 0 Å². The largest absolute Gasteiger partial charge is 0.416 e. The molecule has 0 saturated heterocycles. The van der Waals surface area contributed by atoms with Crippen LogP contribution in [0.2, 0.25) is 10.0 Å². The van der Waals surface area contributed by atoms with Gasteiger partial charge in [-0.05, 0) is 12.1 Å². The van der Waals surface area contributed by atoms with Gasteiger partial charge in [0.05, 0.1) is 15.6 Å². The third-order valence-corrected chi connectivity index (χ3v) is 4.95. The van der Waals surface area contributed by atoms with Crippen molar-refractivity contribution >= 4 is 56.1 Å². The Hall–Kier alpha value is -1.56. The van der Waals surface area contributed by atoms with Crippen molar-refractivity contribution in [2.24, 2.45) is 5.73 Å². The van der Waals surface area contributed by atoms with Crippen LogP contribution >= 0.6 is 35.4 Å². The van der Waals surface area contributed by atoms with E-state index in [9.17, 15) is 21.6 Å². The van der Waals surface area contributed by atoms with Crippen molar-refractivity contribution in [3.05, 3.63) is 33.4 Å². The Morgan fingerprint density at radius 3 is 2.08 bits per heavy atom. The number of rotatable bonds is 3. The monoisotopic (exact) mass is 432 g/mol. The number of nitrogens with two attached hydrogens (primary N) is 2. The van der Waals surface area contributed by atoms with Gasteiger partial charge in [-0.2, -0.15) is 18.3 Å². The first-order chi connectivity index (χ1) is 11.2. The maximum atomic E-state index is 12.8. The van der Waals surface area contributed by atoms with Crippen LogP contribution in [0.15, 0.2) is 17.0 Å². The van der Waals surface area contributed by atoms with Crippen LogP contribution in [0.25, 0.3) is 5.69 Å². The van der Waals surface area contributed by atoms with E-state index in [1.165, 1.54) is 0 Å². The molecule has 0 atom stereocenters. The summed E-state index contributed by atoms with van der Waals surface area (Å²) in [5, 5.41) is 2.97. The highest BCUT2D eigenvalue weighted by Crippen LogP contribution is 2.39. The van der Waals surface area contributed by atoms with Gasteiger partial charge in [0.15, 0.2) is 9.84 Å². The minimum absolute atomic E-state index is 0.235. The molecule has 0 fully saturated rings. The van der Waals surface area contributed by atoms with Gasteiger partial charge in [0.2, 0.25) is 0 Å². The minimum atomic E-state index is -4.68. The Labute approximate surface area is 155 Å². The van der Waals surface area contributed by atoms with Gasteiger partial charge in [0.25, 0.3) is 0 Å². The van der Waals surface area contributed by atoms with E-state index in [1.807, 2.05) is 0 Å². The van der Waals surface area contributed by atoms with E-state index < -0.39 is 42.3 Å². The summed E-state index contributed by atoms with van der Waals surface area (Å²) in [5.41, 5.74) is 9.60. The van der Waals surface area contributed by atoms with Crippen LogP contribution in [0.1, 0.15) is 11.3 Å². The molecule has 1 aromatic carbocycles. The summed E-state index contributed by atoms with van der Waals surface area (Å²) in [6.07, 6.45) is -3.83. The van der Waals surface area contributed by atoms with Crippen molar-refractivity contribution in [1.82, 2.24) is 9.78 Å². The highest BCUT2D eigenvalue weighted by Gasteiger charge is 2.33. The first kappa shape index (κ1) is 19.8.